The number of benzene rings is 1. The van der Waals surface area contributed by atoms with Crippen LogP contribution in [0.5, 0.6) is 0 Å². The van der Waals surface area contributed by atoms with E-state index in [4.69, 9.17) is 10.9 Å². The van der Waals surface area contributed by atoms with Crippen LogP contribution in [-0.4, -0.2) is 11.2 Å². The molecule has 0 bridgehead atoms. The van der Waals surface area contributed by atoms with Crippen LogP contribution in [0.2, 0.25) is 0 Å². The largest absolute Gasteiger partial charge is 0.368 e. The average Bonchev–Trinajstić information content (AvgIpc) is 2.29. The Labute approximate surface area is 88.8 Å². The van der Waals surface area contributed by atoms with Gasteiger partial charge in [0.25, 0.3) is 0 Å². The molecule has 4 nitrogen and oxygen atoms in total. The number of hydrogen-bond donors (Lipinski definition) is 3. The fourth-order valence-corrected chi connectivity index (χ4v) is 2.02. The molecule has 0 atom stereocenters. The number of hydroxylamine groups is 1. The van der Waals surface area contributed by atoms with E-state index in [1.54, 1.807) is 0 Å². The van der Waals surface area contributed by atoms with E-state index < -0.39 is 0 Å². The molecule has 0 fully saturated rings. The molecule has 80 valence electrons. The lowest BCUT2D eigenvalue weighted by Crippen LogP contribution is -2.27. The number of nitrogens with one attached hydrogen (secondary N) is 1. The molecule has 0 spiro atoms. The van der Waals surface area contributed by atoms with Gasteiger partial charge in [-0.3, -0.25) is 5.21 Å². The maximum Gasteiger partial charge on any atom is 0.218 e. The van der Waals surface area contributed by atoms with Crippen LogP contribution in [0, 0.1) is 0 Å². The van der Waals surface area contributed by atoms with Gasteiger partial charge in [0.15, 0.2) is 0 Å². The lowest BCUT2D eigenvalue weighted by atomic mass is 9.90. The summed E-state index contributed by atoms with van der Waals surface area (Å²) in [6.45, 7) is 0. The highest BCUT2D eigenvalue weighted by atomic mass is 16.5. The Morgan fingerprint density at radius 1 is 1.33 bits per heavy atom. The first kappa shape index (κ1) is 9.98. The lowest BCUT2D eigenvalue weighted by molar-refractivity contribution is 0.233. The van der Waals surface area contributed by atoms with E-state index >= 15 is 0 Å². The first-order valence-electron chi connectivity index (χ1n) is 5.16. The van der Waals surface area contributed by atoms with E-state index in [9.17, 15) is 0 Å². The Balaban J connectivity index is 2.39. The van der Waals surface area contributed by atoms with Crippen LogP contribution >= 0.6 is 0 Å². The fraction of sp³-hybridized carbons (Fsp3) is 0.364. The van der Waals surface area contributed by atoms with Gasteiger partial charge in [0.2, 0.25) is 5.96 Å². The summed E-state index contributed by atoms with van der Waals surface area (Å²) >= 11 is 0. The van der Waals surface area contributed by atoms with E-state index in [0.717, 1.165) is 18.5 Å². The van der Waals surface area contributed by atoms with Crippen molar-refractivity contribution in [2.75, 3.05) is 0 Å². The maximum atomic E-state index is 8.59. The Morgan fingerprint density at radius 2 is 2.13 bits per heavy atom. The highest BCUT2D eigenvalue weighted by molar-refractivity contribution is 5.80. The van der Waals surface area contributed by atoms with E-state index in [-0.39, 0.29) is 5.96 Å². The number of aliphatic imine (C=N–C) groups is 1. The molecule has 0 radical (unpaired) electrons. The number of aryl methyl sites for hydroxylation is 1. The van der Waals surface area contributed by atoms with Gasteiger partial charge >= 0.3 is 0 Å². The van der Waals surface area contributed by atoms with Gasteiger partial charge in [0.1, 0.15) is 0 Å². The summed E-state index contributed by atoms with van der Waals surface area (Å²) in [4.78, 5) is 4.12. The van der Waals surface area contributed by atoms with Crippen molar-refractivity contribution in [2.45, 2.75) is 25.7 Å². The second kappa shape index (κ2) is 4.31. The van der Waals surface area contributed by atoms with Crippen molar-refractivity contribution >= 4 is 11.6 Å². The minimum absolute atomic E-state index is 0.0361. The van der Waals surface area contributed by atoms with Gasteiger partial charge in [0, 0.05) is 0 Å². The quantitative estimate of drug-likeness (QED) is 0.369. The lowest BCUT2D eigenvalue weighted by Gasteiger charge is -2.17. The molecule has 1 aromatic carbocycles. The smallest absolute Gasteiger partial charge is 0.218 e. The molecule has 0 unspecified atom stereocenters. The molecule has 0 saturated carbocycles. The highest BCUT2D eigenvalue weighted by Gasteiger charge is 2.12. The molecule has 0 heterocycles. The fourth-order valence-electron chi connectivity index (χ4n) is 2.02. The van der Waals surface area contributed by atoms with Gasteiger partial charge in [-0.2, -0.15) is 0 Å². The van der Waals surface area contributed by atoms with Crippen LogP contribution in [0.25, 0.3) is 0 Å². The van der Waals surface area contributed by atoms with E-state index in [1.165, 1.54) is 24.0 Å². The van der Waals surface area contributed by atoms with Crippen LogP contribution in [0.1, 0.15) is 24.0 Å². The summed E-state index contributed by atoms with van der Waals surface area (Å²) in [7, 11) is 0. The molecule has 0 aliphatic heterocycles. The Bertz CT molecular complexity index is 387. The molecule has 0 aromatic heterocycles. The molecule has 4 heteroatoms. The van der Waals surface area contributed by atoms with Crippen molar-refractivity contribution in [1.82, 2.24) is 5.48 Å². The molecule has 2 rings (SSSR count). The van der Waals surface area contributed by atoms with Crippen LogP contribution < -0.4 is 11.2 Å². The zero-order valence-corrected chi connectivity index (χ0v) is 8.53. The second-order valence-electron chi connectivity index (χ2n) is 3.73. The monoisotopic (exact) mass is 205 g/mol. The zero-order chi connectivity index (χ0) is 10.7. The van der Waals surface area contributed by atoms with Crippen molar-refractivity contribution in [1.29, 1.82) is 0 Å². The number of rotatable bonds is 1. The van der Waals surface area contributed by atoms with Crippen molar-refractivity contribution < 1.29 is 5.21 Å². The number of hydrogen-bond acceptors (Lipinski definition) is 2. The maximum absolute atomic E-state index is 8.59. The molecule has 4 N–H and O–H groups in total. The minimum Gasteiger partial charge on any atom is -0.368 e. The van der Waals surface area contributed by atoms with E-state index in [2.05, 4.69) is 11.1 Å². The third kappa shape index (κ3) is 2.10. The van der Waals surface area contributed by atoms with Gasteiger partial charge in [-0.1, -0.05) is 12.1 Å². The van der Waals surface area contributed by atoms with Crippen molar-refractivity contribution in [3.8, 4) is 0 Å². The molecular formula is C11H15N3O. The van der Waals surface area contributed by atoms with Gasteiger partial charge < -0.3 is 5.73 Å². The minimum atomic E-state index is 0.0361. The Kier molecular flexibility index (Phi) is 2.87. The third-order valence-corrected chi connectivity index (χ3v) is 2.73. The zero-order valence-electron chi connectivity index (χ0n) is 8.53. The van der Waals surface area contributed by atoms with Gasteiger partial charge in [-0.15, -0.1) is 0 Å². The SMILES string of the molecule is NC(=Nc1cccc2c1CCCC2)NO. The predicted molar refractivity (Wildman–Crippen MR) is 59.3 cm³/mol. The highest BCUT2D eigenvalue weighted by Crippen LogP contribution is 2.29. The van der Waals surface area contributed by atoms with Crippen molar-refractivity contribution in [3.05, 3.63) is 29.3 Å². The van der Waals surface area contributed by atoms with Gasteiger partial charge in [-0.25, -0.2) is 10.5 Å². The molecule has 0 amide bonds. The first-order valence-corrected chi connectivity index (χ1v) is 5.16. The van der Waals surface area contributed by atoms with Crippen molar-refractivity contribution in [3.63, 3.8) is 0 Å². The van der Waals surface area contributed by atoms with Crippen LogP contribution in [0.4, 0.5) is 5.69 Å². The predicted octanol–water partition coefficient (Wildman–Crippen LogP) is 1.49. The van der Waals surface area contributed by atoms with E-state index in [1.807, 2.05) is 17.6 Å². The summed E-state index contributed by atoms with van der Waals surface area (Å²) < 4.78 is 0. The van der Waals surface area contributed by atoms with E-state index in [0.29, 0.717) is 0 Å². The normalized spacial score (nSPS) is 15.9. The molecule has 1 aliphatic rings. The Morgan fingerprint density at radius 3 is 2.93 bits per heavy atom. The summed E-state index contributed by atoms with van der Waals surface area (Å²) in [5.41, 5.74) is 10.8. The average molecular weight is 205 g/mol. The van der Waals surface area contributed by atoms with Crippen molar-refractivity contribution in [2.24, 2.45) is 10.7 Å². The number of nitrogens with two attached hydrogens (primary N) is 1. The number of fused-ring (bicyclic) bond motifs is 1. The molecule has 1 aromatic rings. The van der Waals surface area contributed by atoms with Gasteiger partial charge in [0.05, 0.1) is 5.69 Å². The molecule has 1 aliphatic carbocycles. The van der Waals surface area contributed by atoms with Crippen LogP contribution in [0.3, 0.4) is 0 Å². The van der Waals surface area contributed by atoms with Crippen LogP contribution in [0.15, 0.2) is 23.2 Å². The number of nitrogens with zero attached hydrogens (tertiary/aromatic N) is 1. The summed E-state index contributed by atoms with van der Waals surface area (Å²) in [6.07, 6.45) is 4.61. The molecular weight excluding hydrogens is 190 g/mol. The standard InChI is InChI=1S/C11H15N3O/c12-11(14-15)13-10-7-3-5-8-4-1-2-6-9(8)10/h3,5,7,15H,1-2,4,6H2,(H3,12,13,14). The summed E-state index contributed by atoms with van der Waals surface area (Å²) in [5.74, 6) is 0.0361. The first-order chi connectivity index (χ1) is 7.31. The summed E-state index contributed by atoms with van der Waals surface area (Å²) in [6, 6.07) is 6.04. The summed E-state index contributed by atoms with van der Waals surface area (Å²) in [5, 5.41) is 8.59. The Hall–Kier alpha value is -1.55. The number of guanidine groups is 1. The second-order valence-corrected chi connectivity index (χ2v) is 3.73. The topological polar surface area (TPSA) is 70.6 Å². The third-order valence-electron chi connectivity index (χ3n) is 2.73. The van der Waals surface area contributed by atoms with Crippen LogP contribution in [-0.2, 0) is 12.8 Å². The molecule has 15 heavy (non-hydrogen) atoms. The van der Waals surface area contributed by atoms with Gasteiger partial charge in [-0.05, 0) is 42.9 Å². The molecule has 0 saturated heterocycles.